The van der Waals surface area contributed by atoms with Crippen molar-refractivity contribution in [2.24, 2.45) is 0 Å². The molecule has 0 unspecified atom stereocenters. The fourth-order valence-corrected chi connectivity index (χ4v) is 4.28. The van der Waals surface area contributed by atoms with Gasteiger partial charge in [0.15, 0.2) is 0 Å². The van der Waals surface area contributed by atoms with Gasteiger partial charge in [-0.05, 0) is 37.3 Å². The molecule has 1 aromatic heterocycles. The molecule has 3 heterocycles. The smallest absolute Gasteiger partial charge is 0.0992 e. The second-order valence-corrected chi connectivity index (χ2v) is 6.77. The molecule has 2 saturated heterocycles. The van der Waals surface area contributed by atoms with Gasteiger partial charge in [0.05, 0.1) is 25.4 Å². The van der Waals surface area contributed by atoms with E-state index in [1.165, 1.54) is 6.42 Å². The first-order valence-corrected chi connectivity index (χ1v) is 8.87. The molecule has 0 spiro atoms. The van der Waals surface area contributed by atoms with Crippen LogP contribution in [0.1, 0.15) is 31.2 Å². The summed E-state index contributed by atoms with van der Waals surface area (Å²) in [5, 5.41) is 0. The van der Waals surface area contributed by atoms with Gasteiger partial charge in [-0.25, -0.2) is 0 Å². The van der Waals surface area contributed by atoms with Crippen LogP contribution in [0.15, 0.2) is 24.5 Å². The van der Waals surface area contributed by atoms with Crippen molar-refractivity contribution in [1.29, 1.82) is 0 Å². The number of hydrogen-bond donors (Lipinski definition) is 0. The maximum Gasteiger partial charge on any atom is 0.0992 e. The summed E-state index contributed by atoms with van der Waals surface area (Å²) in [7, 11) is 0. The van der Waals surface area contributed by atoms with E-state index in [-0.39, 0.29) is 12.2 Å². The third-order valence-corrected chi connectivity index (χ3v) is 5.43. The zero-order valence-corrected chi connectivity index (χ0v) is 13.6. The van der Waals surface area contributed by atoms with Crippen LogP contribution in [0.5, 0.6) is 0 Å². The molecular weight excluding hydrogens is 292 g/mol. The van der Waals surface area contributed by atoms with Gasteiger partial charge in [-0.2, -0.15) is 0 Å². The van der Waals surface area contributed by atoms with E-state index in [1.807, 2.05) is 12.3 Å². The molecule has 3 atom stereocenters. The molecule has 3 aliphatic rings. The van der Waals surface area contributed by atoms with E-state index < -0.39 is 0 Å². The first-order valence-electron chi connectivity index (χ1n) is 8.87. The van der Waals surface area contributed by atoms with Crippen LogP contribution in [0.25, 0.3) is 0 Å². The van der Waals surface area contributed by atoms with Crippen molar-refractivity contribution in [1.82, 2.24) is 9.88 Å². The first-order chi connectivity index (χ1) is 11.4. The molecule has 0 bridgehead atoms. The first kappa shape index (κ1) is 15.5. The summed E-state index contributed by atoms with van der Waals surface area (Å²) in [6, 6.07) is 5.21. The van der Waals surface area contributed by atoms with E-state index in [1.54, 1.807) is 6.20 Å². The molecule has 0 radical (unpaired) electrons. The van der Waals surface area contributed by atoms with Gasteiger partial charge in [0, 0.05) is 44.2 Å². The lowest BCUT2D eigenvalue weighted by Crippen LogP contribution is -2.56. The van der Waals surface area contributed by atoms with Crippen molar-refractivity contribution in [3.8, 4) is 0 Å². The van der Waals surface area contributed by atoms with Crippen LogP contribution in [0.3, 0.4) is 0 Å². The molecule has 5 heteroatoms. The second kappa shape index (κ2) is 7.26. The number of nitrogens with zero attached hydrogens (tertiary/aromatic N) is 2. The van der Waals surface area contributed by atoms with Crippen molar-refractivity contribution in [2.75, 3.05) is 26.4 Å². The third-order valence-electron chi connectivity index (χ3n) is 5.43. The van der Waals surface area contributed by atoms with Crippen LogP contribution in [0, 0.1) is 0 Å². The molecule has 126 valence electrons. The van der Waals surface area contributed by atoms with Crippen molar-refractivity contribution in [2.45, 2.75) is 56.6 Å². The fraction of sp³-hybridized carbons (Fsp3) is 0.722. The highest BCUT2D eigenvalue weighted by Crippen LogP contribution is 2.35. The fourth-order valence-electron chi connectivity index (χ4n) is 4.28. The zero-order chi connectivity index (χ0) is 15.5. The maximum absolute atomic E-state index is 6.18. The topological polar surface area (TPSA) is 43.8 Å². The summed E-state index contributed by atoms with van der Waals surface area (Å²) < 4.78 is 17.8. The Kier molecular flexibility index (Phi) is 4.90. The minimum Gasteiger partial charge on any atom is -0.381 e. The number of hydrogen-bond acceptors (Lipinski definition) is 5. The Morgan fingerprint density at radius 3 is 2.91 bits per heavy atom. The number of morpholine rings is 1. The summed E-state index contributed by atoms with van der Waals surface area (Å²) in [4.78, 5) is 6.84. The van der Waals surface area contributed by atoms with E-state index in [2.05, 4.69) is 16.0 Å². The Labute approximate surface area is 137 Å². The molecule has 0 N–H and O–H groups in total. The van der Waals surface area contributed by atoms with Gasteiger partial charge in [0.2, 0.25) is 0 Å². The Hall–Kier alpha value is -1.01. The van der Waals surface area contributed by atoms with Crippen LogP contribution >= 0.6 is 0 Å². The predicted octanol–water partition coefficient (Wildman–Crippen LogP) is 2.01. The minimum absolute atomic E-state index is 0.211. The Balaban J connectivity index is 1.37. The van der Waals surface area contributed by atoms with Gasteiger partial charge in [-0.1, -0.05) is 6.07 Å². The number of ether oxygens (including phenoxy) is 3. The largest absolute Gasteiger partial charge is 0.381 e. The highest BCUT2D eigenvalue weighted by molar-refractivity contribution is 5.07. The van der Waals surface area contributed by atoms with E-state index in [4.69, 9.17) is 14.2 Å². The van der Waals surface area contributed by atoms with Crippen LogP contribution < -0.4 is 0 Å². The summed E-state index contributed by atoms with van der Waals surface area (Å²) in [6.45, 7) is 4.31. The number of pyridine rings is 1. The predicted molar refractivity (Wildman–Crippen MR) is 86.1 cm³/mol. The van der Waals surface area contributed by atoms with Crippen LogP contribution in [-0.2, 0) is 20.8 Å². The lowest BCUT2D eigenvalue weighted by Gasteiger charge is -2.44. The number of rotatable bonds is 4. The Morgan fingerprint density at radius 2 is 2.09 bits per heavy atom. The molecular formula is C18H26N2O3. The molecule has 23 heavy (non-hydrogen) atoms. The van der Waals surface area contributed by atoms with E-state index in [0.717, 1.165) is 51.2 Å². The summed E-state index contributed by atoms with van der Waals surface area (Å²) in [5.74, 6) is 0. The van der Waals surface area contributed by atoms with Crippen molar-refractivity contribution < 1.29 is 14.2 Å². The molecule has 1 saturated carbocycles. The van der Waals surface area contributed by atoms with Gasteiger partial charge < -0.3 is 14.2 Å². The van der Waals surface area contributed by atoms with Crippen molar-refractivity contribution >= 4 is 0 Å². The Morgan fingerprint density at radius 1 is 1.17 bits per heavy atom. The molecule has 0 amide bonds. The molecule has 2 aliphatic heterocycles. The summed E-state index contributed by atoms with van der Waals surface area (Å²) in [6.07, 6.45) is 8.70. The third kappa shape index (κ3) is 3.43. The second-order valence-electron chi connectivity index (χ2n) is 6.77. The highest BCUT2D eigenvalue weighted by atomic mass is 16.5. The van der Waals surface area contributed by atoms with Gasteiger partial charge in [-0.15, -0.1) is 0 Å². The Bertz CT molecular complexity index is 492. The monoisotopic (exact) mass is 318 g/mol. The summed E-state index contributed by atoms with van der Waals surface area (Å²) in [5.41, 5.74) is 1.13. The van der Waals surface area contributed by atoms with Crippen LogP contribution in [0.4, 0.5) is 0 Å². The number of aromatic nitrogens is 1. The molecule has 5 nitrogen and oxygen atoms in total. The van der Waals surface area contributed by atoms with E-state index in [0.29, 0.717) is 18.7 Å². The molecule has 3 fully saturated rings. The van der Waals surface area contributed by atoms with E-state index in [9.17, 15) is 0 Å². The molecule has 0 aromatic carbocycles. The zero-order valence-electron chi connectivity index (χ0n) is 13.6. The molecule has 1 aromatic rings. The van der Waals surface area contributed by atoms with Gasteiger partial charge in [0.1, 0.15) is 0 Å². The quantitative estimate of drug-likeness (QED) is 0.850. The van der Waals surface area contributed by atoms with Gasteiger partial charge >= 0.3 is 0 Å². The van der Waals surface area contributed by atoms with Crippen molar-refractivity contribution in [3.63, 3.8) is 0 Å². The van der Waals surface area contributed by atoms with Crippen LogP contribution in [0.2, 0.25) is 0 Å². The lowest BCUT2D eigenvalue weighted by molar-refractivity contribution is -0.132. The van der Waals surface area contributed by atoms with Gasteiger partial charge in [0.25, 0.3) is 0 Å². The number of fused-ring (bicyclic) bond motifs is 1. The van der Waals surface area contributed by atoms with Gasteiger partial charge in [-0.3, -0.25) is 9.88 Å². The highest BCUT2D eigenvalue weighted by Gasteiger charge is 2.45. The minimum atomic E-state index is 0.211. The average molecular weight is 318 g/mol. The normalized spacial score (nSPS) is 32.8. The van der Waals surface area contributed by atoms with Crippen molar-refractivity contribution in [3.05, 3.63) is 30.1 Å². The summed E-state index contributed by atoms with van der Waals surface area (Å²) >= 11 is 0. The molecule has 1 aliphatic carbocycles. The molecule has 4 rings (SSSR count). The average Bonchev–Trinajstić information content (AvgIpc) is 3.05. The lowest BCUT2D eigenvalue weighted by atomic mass is 10.0. The van der Waals surface area contributed by atoms with Crippen LogP contribution in [-0.4, -0.2) is 60.5 Å². The van der Waals surface area contributed by atoms with E-state index >= 15 is 0 Å². The maximum atomic E-state index is 6.18. The SMILES string of the molecule is c1cncc(CO[C@@H]2CC[C@@H]3[C@H]2OCCN3C2CCOCC2)c1. The standard InChI is InChI=1S/C18H26N2O3/c1-2-14(12-19-7-1)13-23-17-4-3-16-18(17)22-11-8-20(16)15-5-9-21-10-6-15/h1-2,7,12,15-18H,3-6,8-11,13H2/t16-,17-,18-/m1/s1.